The Kier molecular flexibility index (Phi) is 2.00. The highest BCUT2D eigenvalue weighted by Crippen LogP contribution is 2.28. The molecule has 2 aliphatic rings. The fourth-order valence-corrected chi connectivity index (χ4v) is 1.69. The lowest BCUT2D eigenvalue weighted by Crippen LogP contribution is -2.15. The van der Waals surface area contributed by atoms with Crippen LogP contribution in [0.2, 0.25) is 0 Å². The highest BCUT2D eigenvalue weighted by Gasteiger charge is 2.28. The molecule has 0 saturated heterocycles. The van der Waals surface area contributed by atoms with Gasteiger partial charge in [-0.3, -0.25) is 0 Å². The molecular formula is C13H10NO. The van der Waals surface area contributed by atoms with Crippen LogP contribution in [0, 0.1) is 6.23 Å². The van der Waals surface area contributed by atoms with Gasteiger partial charge in [0.05, 0.1) is 5.71 Å². The number of hydrogen-bond acceptors (Lipinski definition) is 2. The normalized spacial score (nSPS) is 24.0. The maximum absolute atomic E-state index is 5.73. The molecule has 0 spiro atoms. The largest absolute Gasteiger partial charge is 0.331 e. The van der Waals surface area contributed by atoms with Crippen molar-refractivity contribution in [2.45, 2.75) is 6.10 Å². The van der Waals surface area contributed by atoms with Gasteiger partial charge in [0.2, 0.25) is 6.23 Å². The van der Waals surface area contributed by atoms with Crippen molar-refractivity contribution in [1.82, 2.24) is 0 Å². The molecule has 1 unspecified atom stereocenters. The number of rotatable bonds is 1. The minimum absolute atomic E-state index is 0.00482. The Morgan fingerprint density at radius 3 is 2.73 bits per heavy atom. The number of allylic oxidation sites excluding steroid dienone is 2. The van der Waals surface area contributed by atoms with Gasteiger partial charge in [0.1, 0.15) is 6.10 Å². The zero-order valence-corrected chi connectivity index (χ0v) is 8.13. The second-order valence-corrected chi connectivity index (χ2v) is 3.49. The molecule has 0 N–H and O–H groups in total. The number of benzene rings is 1. The average molecular weight is 196 g/mol. The van der Waals surface area contributed by atoms with Crippen molar-refractivity contribution < 1.29 is 4.74 Å². The Morgan fingerprint density at radius 2 is 1.93 bits per heavy atom. The van der Waals surface area contributed by atoms with Crippen LogP contribution in [-0.4, -0.2) is 11.8 Å². The lowest BCUT2D eigenvalue weighted by atomic mass is 10.1. The zero-order valence-electron chi connectivity index (χ0n) is 8.13. The van der Waals surface area contributed by atoms with Gasteiger partial charge in [-0.25, -0.2) is 4.99 Å². The van der Waals surface area contributed by atoms with Crippen LogP contribution in [0.3, 0.4) is 0 Å². The van der Waals surface area contributed by atoms with Crippen molar-refractivity contribution in [3.8, 4) is 0 Å². The first-order valence-corrected chi connectivity index (χ1v) is 4.96. The first kappa shape index (κ1) is 8.62. The molecule has 3 rings (SSSR count). The minimum Gasteiger partial charge on any atom is -0.331 e. The van der Waals surface area contributed by atoms with Crippen molar-refractivity contribution in [3.63, 3.8) is 0 Å². The van der Waals surface area contributed by atoms with Crippen LogP contribution in [0.15, 0.2) is 59.6 Å². The molecule has 1 heterocycles. The molecule has 15 heavy (non-hydrogen) atoms. The Balaban J connectivity index is 1.91. The second-order valence-electron chi connectivity index (χ2n) is 3.49. The van der Waals surface area contributed by atoms with Gasteiger partial charge in [0.25, 0.3) is 0 Å². The van der Waals surface area contributed by atoms with E-state index in [1.54, 1.807) is 0 Å². The van der Waals surface area contributed by atoms with Gasteiger partial charge >= 0.3 is 0 Å². The van der Waals surface area contributed by atoms with E-state index in [4.69, 9.17) is 4.74 Å². The monoisotopic (exact) mass is 196 g/mol. The van der Waals surface area contributed by atoms with E-state index in [1.165, 1.54) is 0 Å². The molecular weight excluding hydrogens is 186 g/mol. The predicted molar refractivity (Wildman–Crippen MR) is 59.4 cm³/mol. The van der Waals surface area contributed by atoms with E-state index in [2.05, 4.69) is 4.99 Å². The third kappa shape index (κ3) is 1.53. The summed E-state index contributed by atoms with van der Waals surface area (Å²) in [7, 11) is 0. The third-order valence-corrected chi connectivity index (χ3v) is 2.45. The van der Waals surface area contributed by atoms with E-state index in [9.17, 15) is 0 Å². The Hall–Kier alpha value is -1.67. The van der Waals surface area contributed by atoms with Crippen LogP contribution in [0.1, 0.15) is 5.56 Å². The standard InChI is InChI=1S/C13H10NO/c1-2-6-10(7-3-1)13-14-11-8-4-5-9-12(11)15-13/h1-9,12H. The zero-order chi connectivity index (χ0) is 10.1. The quantitative estimate of drug-likeness (QED) is 0.676. The molecule has 1 radical (unpaired) electrons. The summed E-state index contributed by atoms with van der Waals surface area (Å²) in [5.41, 5.74) is 2.01. The first-order valence-electron chi connectivity index (χ1n) is 4.96. The molecule has 0 saturated carbocycles. The van der Waals surface area contributed by atoms with Crippen LogP contribution in [0.5, 0.6) is 0 Å². The molecule has 0 amide bonds. The molecule has 1 atom stereocenters. The maximum atomic E-state index is 5.73. The van der Waals surface area contributed by atoms with E-state index in [-0.39, 0.29) is 6.10 Å². The van der Waals surface area contributed by atoms with Crippen LogP contribution >= 0.6 is 0 Å². The van der Waals surface area contributed by atoms with Crippen molar-refractivity contribution in [2.75, 3.05) is 0 Å². The van der Waals surface area contributed by atoms with Gasteiger partial charge in [-0.2, -0.15) is 0 Å². The number of hydrogen-bond donors (Lipinski definition) is 0. The molecule has 1 aliphatic carbocycles. The molecule has 1 aliphatic heterocycles. The molecule has 73 valence electrons. The van der Waals surface area contributed by atoms with Gasteiger partial charge in [-0.05, 0) is 12.2 Å². The molecule has 1 aromatic carbocycles. The Morgan fingerprint density at radius 1 is 1.07 bits per heavy atom. The lowest BCUT2D eigenvalue weighted by Gasteiger charge is -2.09. The topological polar surface area (TPSA) is 21.6 Å². The fourth-order valence-electron chi connectivity index (χ4n) is 1.69. The minimum atomic E-state index is 0.00482. The van der Waals surface area contributed by atoms with Gasteiger partial charge in [-0.15, -0.1) is 0 Å². The van der Waals surface area contributed by atoms with Crippen LogP contribution < -0.4 is 0 Å². The second kappa shape index (κ2) is 3.48. The predicted octanol–water partition coefficient (Wildman–Crippen LogP) is 2.49. The van der Waals surface area contributed by atoms with E-state index >= 15 is 0 Å². The number of nitrogens with zero attached hydrogens (tertiary/aromatic N) is 1. The summed E-state index contributed by atoms with van der Waals surface area (Å²) in [5.74, 6) is 0. The van der Waals surface area contributed by atoms with Crippen molar-refractivity contribution in [1.29, 1.82) is 0 Å². The summed E-state index contributed by atoms with van der Waals surface area (Å²) in [5, 5.41) is 0. The van der Waals surface area contributed by atoms with E-state index in [0.29, 0.717) is 6.23 Å². The highest BCUT2D eigenvalue weighted by molar-refractivity contribution is 6.02. The fraction of sp³-hybridized carbons (Fsp3) is 0.0769. The van der Waals surface area contributed by atoms with Crippen molar-refractivity contribution >= 4 is 5.71 Å². The van der Waals surface area contributed by atoms with E-state index in [0.717, 1.165) is 11.3 Å². The van der Waals surface area contributed by atoms with E-state index in [1.807, 2.05) is 54.6 Å². The molecule has 0 fully saturated rings. The summed E-state index contributed by atoms with van der Waals surface area (Å²) in [6.07, 6.45) is 8.68. The average Bonchev–Trinajstić information content (AvgIpc) is 2.74. The Bertz CT molecular complexity index is 445. The van der Waals surface area contributed by atoms with Crippen molar-refractivity contribution in [3.05, 3.63) is 66.4 Å². The Labute approximate surface area is 88.6 Å². The number of aliphatic imine (C=N–C) groups is 1. The molecule has 2 nitrogen and oxygen atoms in total. The summed E-state index contributed by atoms with van der Waals surface area (Å²) in [6, 6.07) is 9.96. The van der Waals surface area contributed by atoms with Crippen LogP contribution in [0.25, 0.3) is 0 Å². The van der Waals surface area contributed by atoms with E-state index < -0.39 is 0 Å². The van der Waals surface area contributed by atoms with Gasteiger partial charge in [0.15, 0.2) is 0 Å². The molecule has 0 bridgehead atoms. The van der Waals surface area contributed by atoms with Gasteiger partial charge in [-0.1, -0.05) is 42.5 Å². The van der Waals surface area contributed by atoms with Gasteiger partial charge in [0, 0.05) is 5.56 Å². The SMILES string of the molecule is C1=CC2=N[C](c3ccccc3)OC2C=C1. The summed E-state index contributed by atoms with van der Waals surface area (Å²) >= 11 is 0. The molecule has 2 heteroatoms. The summed E-state index contributed by atoms with van der Waals surface area (Å²) in [6.45, 7) is 0. The third-order valence-electron chi connectivity index (χ3n) is 2.45. The van der Waals surface area contributed by atoms with Crippen LogP contribution in [-0.2, 0) is 4.74 Å². The maximum Gasteiger partial charge on any atom is 0.241 e. The number of fused-ring (bicyclic) bond motifs is 1. The number of ether oxygens (including phenoxy) is 1. The first-order chi connectivity index (χ1) is 7.43. The molecule has 1 aromatic rings. The summed E-state index contributed by atoms with van der Waals surface area (Å²) < 4.78 is 5.73. The van der Waals surface area contributed by atoms with Crippen LogP contribution in [0.4, 0.5) is 0 Å². The summed E-state index contributed by atoms with van der Waals surface area (Å²) in [4.78, 5) is 4.45. The van der Waals surface area contributed by atoms with Crippen molar-refractivity contribution in [2.24, 2.45) is 4.99 Å². The smallest absolute Gasteiger partial charge is 0.241 e. The molecule has 0 aromatic heterocycles. The van der Waals surface area contributed by atoms with Gasteiger partial charge < -0.3 is 4.74 Å². The highest BCUT2D eigenvalue weighted by atomic mass is 16.5. The lowest BCUT2D eigenvalue weighted by molar-refractivity contribution is 0.175.